The molecule has 3 rings (SSSR count). The summed E-state index contributed by atoms with van der Waals surface area (Å²) in [7, 11) is 0. The van der Waals surface area contributed by atoms with Gasteiger partial charge in [-0.3, -0.25) is 4.79 Å². The van der Waals surface area contributed by atoms with E-state index in [1.54, 1.807) is 0 Å². The number of rotatable bonds is 8. The van der Waals surface area contributed by atoms with Crippen molar-refractivity contribution in [2.45, 2.75) is 59.5 Å². The summed E-state index contributed by atoms with van der Waals surface area (Å²) in [6.45, 7) is 10.8. The summed E-state index contributed by atoms with van der Waals surface area (Å²) in [5.74, 6) is 2.29. The number of benzene rings is 1. The molecule has 8 nitrogen and oxygen atoms in total. The third kappa shape index (κ3) is 6.29. The fourth-order valence-electron chi connectivity index (χ4n) is 3.63. The van der Waals surface area contributed by atoms with E-state index < -0.39 is 0 Å². The minimum Gasteiger partial charge on any atom is -0.357 e. The van der Waals surface area contributed by atoms with Gasteiger partial charge in [0.25, 0.3) is 5.89 Å². The molecule has 1 aliphatic rings. The lowest BCUT2D eigenvalue weighted by molar-refractivity contribution is -0.133. The zero-order valence-electron chi connectivity index (χ0n) is 19.0. The van der Waals surface area contributed by atoms with Gasteiger partial charge in [0.05, 0.1) is 6.54 Å². The lowest BCUT2D eigenvalue weighted by Gasteiger charge is -2.20. The number of aliphatic imine (C=N–C) groups is 1. The van der Waals surface area contributed by atoms with Crippen molar-refractivity contribution in [2.75, 3.05) is 19.6 Å². The minimum atomic E-state index is 0.0323. The maximum atomic E-state index is 12.2. The molecule has 1 aromatic carbocycles. The first-order chi connectivity index (χ1) is 15.0. The van der Waals surface area contributed by atoms with Crippen molar-refractivity contribution in [2.24, 2.45) is 10.9 Å². The van der Waals surface area contributed by atoms with Crippen molar-refractivity contribution in [3.63, 3.8) is 0 Å². The molecule has 0 saturated carbocycles. The summed E-state index contributed by atoms with van der Waals surface area (Å²) in [6.07, 6.45) is 2.72. The smallest absolute Gasteiger partial charge is 0.257 e. The van der Waals surface area contributed by atoms with Gasteiger partial charge in [0.1, 0.15) is 0 Å². The van der Waals surface area contributed by atoms with E-state index in [1.165, 1.54) is 0 Å². The number of guanidine groups is 1. The van der Waals surface area contributed by atoms with E-state index in [9.17, 15) is 4.79 Å². The molecule has 1 amide bonds. The van der Waals surface area contributed by atoms with E-state index >= 15 is 0 Å². The van der Waals surface area contributed by atoms with E-state index in [-0.39, 0.29) is 17.9 Å². The molecule has 1 unspecified atom stereocenters. The predicted molar refractivity (Wildman–Crippen MR) is 122 cm³/mol. The maximum absolute atomic E-state index is 12.2. The predicted octanol–water partition coefficient (Wildman–Crippen LogP) is 3.00. The Morgan fingerprint density at radius 2 is 2.19 bits per heavy atom. The second-order valence-corrected chi connectivity index (χ2v) is 8.23. The SMILES string of the molecule is CCCc1noc(-c2cccc(CN=C(NCC)NC3CCN(C(=O)C(C)C)C3)c2)n1. The normalized spacial score (nSPS) is 16.7. The average molecular weight is 427 g/mol. The summed E-state index contributed by atoms with van der Waals surface area (Å²) in [4.78, 5) is 23.4. The van der Waals surface area contributed by atoms with Crippen molar-refractivity contribution < 1.29 is 9.32 Å². The molecule has 31 heavy (non-hydrogen) atoms. The molecule has 0 aliphatic carbocycles. The van der Waals surface area contributed by atoms with Crippen LogP contribution in [0.3, 0.4) is 0 Å². The molecular weight excluding hydrogens is 392 g/mol. The Bertz CT molecular complexity index is 892. The largest absolute Gasteiger partial charge is 0.357 e. The van der Waals surface area contributed by atoms with Crippen molar-refractivity contribution in [1.29, 1.82) is 0 Å². The topological polar surface area (TPSA) is 95.6 Å². The highest BCUT2D eigenvalue weighted by atomic mass is 16.5. The monoisotopic (exact) mass is 426 g/mol. The first kappa shape index (κ1) is 22.8. The molecule has 2 aromatic rings. The number of hydrogen-bond acceptors (Lipinski definition) is 5. The van der Waals surface area contributed by atoms with Gasteiger partial charge in [-0.2, -0.15) is 4.98 Å². The summed E-state index contributed by atoms with van der Waals surface area (Å²) in [6, 6.07) is 8.24. The quantitative estimate of drug-likeness (QED) is 0.498. The Hall–Kier alpha value is -2.90. The molecule has 168 valence electrons. The van der Waals surface area contributed by atoms with Crippen LogP contribution in [-0.4, -0.2) is 52.6 Å². The number of aromatic nitrogens is 2. The number of aryl methyl sites for hydroxylation is 1. The Labute approximate surface area is 184 Å². The van der Waals surface area contributed by atoms with Crippen molar-refractivity contribution in [1.82, 2.24) is 25.7 Å². The lowest BCUT2D eigenvalue weighted by atomic mass is 10.1. The first-order valence-corrected chi connectivity index (χ1v) is 11.3. The number of likely N-dealkylation sites (tertiary alicyclic amines) is 1. The Kier molecular flexibility index (Phi) is 8.03. The Balaban J connectivity index is 1.63. The van der Waals surface area contributed by atoms with Gasteiger partial charge in [-0.25, -0.2) is 4.99 Å². The third-order valence-corrected chi connectivity index (χ3v) is 5.21. The van der Waals surface area contributed by atoms with Gasteiger partial charge in [0.2, 0.25) is 5.91 Å². The summed E-state index contributed by atoms with van der Waals surface area (Å²) in [5.41, 5.74) is 1.96. The van der Waals surface area contributed by atoms with Gasteiger partial charge >= 0.3 is 0 Å². The summed E-state index contributed by atoms with van der Waals surface area (Å²) >= 11 is 0. The van der Waals surface area contributed by atoms with Crippen LogP contribution in [0.25, 0.3) is 11.5 Å². The molecule has 2 N–H and O–H groups in total. The average Bonchev–Trinajstić information content (AvgIpc) is 3.42. The van der Waals surface area contributed by atoms with Crippen LogP contribution >= 0.6 is 0 Å². The fourth-order valence-corrected chi connectivity index (χ4v) is 3.63. The van der Waals surface area contributed by atoms with E-state index in [1.807, 2.05) is 49.9 Å². The molecular formula is C23H34N6O2. The van der Waals surface area contributed by atoms with Crippen LogP contribution in [-0.2, 0) is 17.8 Å². The molecule has 1 fully saturated rings. The van der Waals surface area contributed by atoms with Gasteiger partial charge in [-0.1, -0.05) is 38.1 Å². The number of hydrogen-bond donors (Lipinski definition) is 2. The summed E-state index contributed by atoms with van der Waals surface area (Å²) in [5, 5.41) is 10.8. The van der Waals surface area contributed by atoms with Crippen LogP contribution in [0, 0.1) is 5.92 Å². The zero-order valence-corrected chi connectivity index (χ0v) is 19.0. The van der Waals surface area contributed by atoms with Gasteiger partial charge in [-0.15, -0.1) is 0 Å². The Morgan fingerprint density at radius 1 is 1.35 bits per heavy atom. The van der Waals surface area contributed by atoms with E-state index in [2.05, 4.69) is 27.7 Å². The highest BCUT2D eigenvalue weighted by molar-refractivity contribution is 5.81. The molecule has 0 bridgehead atoms. The maximum Gasteiger partial charge on any atom is 0.257 e. The third-order valence-electron chi connectivity index (χ3n) is 5.21. The standard InChI is InChI=1S/C23H34N6O2/c1-5-8-20-27-21(31-28-20)18-10-7-9-17(13-18)14-25-23(24-6-2)26-19-11-12-29(15-19)22(30)16(3)4/h7,9-10,13,16,19H,5-6,8,11-12,14-15H2,1-4H3,(H2,24,25,26). The highest BCUT2D eigenvalue weighted by Gasteiger charge is 2.27. The number of nitrogens with one attached hydrogen (secondary N) is 2. The zero-order chi connectivity index (χ0) is 22.2. The van der Waals surface area contributed by atoms with E-state index in [0.29, 0.717) is 19.0 Å². The second kappa shape index (κ2) is 10.9. The van der Waals surface area contributed by atoms with Gasteiger partial charge in [0, 0.05) is 43.6 Å². The van der Waals surface area contributed by atoms with Gasteiger partial charge in [-0.05, 0) is 37.5 Å². The highest BCUT2D eigenvalue weighted by Crippen LogP contribution is 2.19. The van der Waals surface area contributed by atoms with Crippen LogP contribution in [0.4, 0.5) is 0 Å². The van der Waals surface area contributed by atoms with Crippen LogP contribution in [0.1, 0.15) is 51.9 Å². The van der Waals surface area contributed by atoms with Crippen LogP contribution in [0.5, 0.6) is 0 Å². The number of amides is 1. The Morgan fingerprint density at radius 3 is 2.94 bits per heavy atom. The molecule has 1 aliphatic heterocycles. The van der Waals surface area contributed by atoms with Crippen LogP contribution in [0.15, 0.2) is 33.8 Å². The minimum absolute atomic E-state index is 0.0323. The summed E-state index contributed by atoms with van der Waals surface area (Å²) < 4.78 is 5.40. The van der Waals surface area contributed by atoms with Gasteiger partial charge in [0.15, 0.2) is 11.8 Å². The van der Waals surface area contributed by atoms with Crippen LogP contribution in [0.2, 0.25) is 0 Å². The number of carbonyl (C=O) groups is 1. The molecule has 1 aromatic heterocycles. The van der Waals surface area contributed by atoms with Crippen molar-refractivity contribution >= 4 is 11.9 Å². The number of nitrogens with zero attached hydrogens (tertiary/aromatic N) is 4. The van der Waals surface area contributed by atoms with E-state index in [0.717, 1.165) is 55.3 Å². The fraction of sp³-hybridized carbons (Fsp3) is 0.565. The second-order valence-electron chi connectivity index (χ2n) is 8.23. The van der Waals surface area contributed by atoms with Gasteiger partial charge < -0.3 is 20.1 Å². The molecule has 1 atom stereocenters. The van der Waals surface area contributed by atoms with Crippen molar-refractivity contribution in [3.05, 3.63) is 35.7 Å². The molecule has 0 spiro atoms. The first-order valence-electron chi connectivity index (χ1n) is 11.3. The van der Waals surface area contributed by atoms with Crippen molar-refractivity contribution in [3.8, 4) is 11.5 Å². The number of carbonyl (C=O) groups excluding carboxylic acids is 1. The van der Waals surface area contributed by atoms with Crippen LogP contribution < -0.4 is 10.6 Å². The molecule has 0 radical (unpaired) electrons. The molecule has 8 heteroatoms. The molecule has 2 heterocycles. The molecule has 1 saturated heterocycles. The van der Waals surface area contributed by atoms with E-state index in [4.69, 9.17) is 9.52 Å². The lowest BCUT2D eigenvalue weighted by Crippen LogP contribution is -2.45.